The summed E-state index contributed by atoms with van der Waals surface area (Å²) < 4.78 is 5.13. The molecule has 1 N–H and O–H groups in total. The van der Waals surface area contributed by atoms with Gasteiger partial charge in [0.2, 0.25) is 5.91 Å². The number of likely N-dealkylation sites (tertiary alicyclic amines) is 1. The Hall–Kier alpha value is -1.88. The summed E-state index contributed by atoms with van der Waals surface area (Å²) in [5, 5.41) is 3.37. The van der Waals surface area contributed by atoms with Gasteiger partial charge in [0, 0.05) is 37.0 Å². The Labute approximate surface area is 143 Å². The third kappa shape index (κ3) is 3.96. The van der Waals surface area contributed by atoms with Crippen LogP contribution >= 0.6 is 0 Å². The van der Waals surface area contributed by atoms with Gasteiger partial charge in [0.25, 0.3) is 0 Å². The van der Waals surface area contributed by atoms with Crippen molar-refractivity contribution in [1.29, 1.82) is 0 Å². The highest BCUT2D eigenvalue weighted by Gasteiger charge is 2.29. The highest BCUT2D eigenvalue weighted by atomic mass is 16.5. The first kappa shape index (κ1) is 17.0. The van der Waals surface area contributed by atoms with Gasteiger partial charge in [-0.2, -0.15) is 0 Å². The van der Waals surface area contributed by atoms with Crippen LogP contribution in [0.4, 0.5) is 0 Å². The number of hydrogen-bond acceptors (Lipinski definition) is 4. The fourth-order valence-corrected chi connectivity index (χ4v) is 3.65. The molecule has 1 unspecified atom stereocenters. The van der Waals surface area contributed by atoms with E-state index in [9.17, 15) is 9.59 Å². The molecule has 0 saturated carbocycles. The minimum Gasteiger partial charge on any atom is -0.497 e. The van der Waals surface area contributed by atoms with Crippen LogP contribution in [0.1, 0.15) is 42.5 Å². The lowest BCUT2D eigenvalue weighted by Crippen LogP contribution is -2.42. The van der Waals surface area contributed by atoms with Crippen LogP contribution in [0.3, 0.4) is 0 Å². The molecule has 2 heterocycles. The van der Waals surface area contributed by atoms with Gasteiger partial charge < -0.3 is 15.0 Å². The molecule has 130 valence electrons. The molecular weight excluding hydrogens is 304 g/mol. The molecule has 2 aliphatic rings. The van der Waals surface area contributed by atoms with Gasteiger partial charge in [-0.25, -0.2) is 0 Å². The zero-order valence-electron chi connectivity index (χ0n) is 14.3. The normalized spacial score (nSPS) is 21.7. The molecule has 0 aliphatic carbocycles. The fraction of sp³-hybridized carbons (Fsp3) is 0.579. The summed E-state index contributed by atoms with van der Waals surface area (Å²) in [7, 11) is 1.62. The summed E-state index contributed by atoms with van der Waals surface area (Å²) in [6, 6.07) is 7.63. The number of benzene rings is 1. The average Bonchev–Trinajstić information content (AvgIpc) is 3.14. The predicted molar refractivity (Wildman–Crippen MR) is 92.3 cm³/mol. The number of nitrogens with one attached hydrogen (secondary N) is 1. The van der Waals surface area contributed by atoms with Crippen molar-refractivity contribution in [1.82, 2.24) is 10.2 Å². The molecule has 2 saturated heterocycles. The summed E-state index contributed by atoms with van der Waals surface area (Å²) in [6.45, 7) is 2.41. The molecule has 1 aromatic rings. The minimum atomic E-state index is 0.0204. The molecular formula is C19H26N2O3. The molecule has 0 radical (unpaired) electrons. The van der Waals surface area contributed by atoms with Crippen LogP contribution in [0.15, 0.2) is 24.3 Å². The Bertz CT molecular complexity index is 571. The topological polar surface area (TPSA) is 58.6 Å². The third-order valence-electron chi connectivity index (χ3n) is 5.18. The van der Waals surface area contributed by atoms with E-state index in [0.29, 0.717) is 25.6 Å². The van der Waals surface area contributed by atoms with E-state index >= 15 is 0 Å². The van der Waals surface area contributed by atoms with Crippen LogP contribution < -0.4 is 10.1 Å². The van der Waals surface area contributed by atoms with Crippen LogP contribution in [-0.4, -0.2) is 49.4 Å². The summed E-state index contributed by atoms with van der Waals surface area (Å²) in [5.41, 5.74) is 0.732. The smallest absolute Gasteiger partial charge is 0.224 e. The van der Waals surface area contributed by atoms with E-state index in [4.69, 9.17) is 4.74 Å². The Balaban J connectivity index is 1.50. The maximum absolute atomic E-state index is 12.6. The standard InChI is InChI=1S/C19H26N2O3/c1-24-17-6-4-14(5-7-17)19(23)15-8-11-21(12-9-15)18(22)13-16-3-2-10-20-16/h4-7,15-16,20H,2-3,8-13H2,1H3. The van der Waals surface area contributed by atoms with E-state index in [2.05, 4.69) is 5.32 Å². The first-order valence-corrected chi connectivity index (χ1v) is 8.87. The van der Waals surface area contributed by atoms with E-state index in [0.717, 1.165) is 43.5 Å². The maximum atomic E-state index is 12.6. The van der Waals surface area contributed by atoms with Gasteiger partial charge in [0.05, 0.1) is 7.11 Å². The number of amides is 1. The van der Waals surface area contributed by atoms with Gasteiger partial charge in [-0.05, 0) is 56.5 Å². The molecule has 1 aromatic carbocycles. The lowest BCUT2D eigenvalue weighted by molar-refractivity contribution is -0.132. The van der Waals surface area contributed by atoms with Crippen LogP contribution in [0.25, 0.3) is 0 Å². The van der Waals surface area contributed by atoms with Crippen LogP contribution in [0, 0.1) is 5.92 Å². The third-order valence-corrected chi connectivity index (χ3v) is 5.18. The number of carbonyl (C=O) groups excluding carboxylic acids is 2. The average molecular weight is 330 g/mol. The number of ether oxygens (including phenoxy) is 1. The number of ketones is 1. The predicted octanol–water partition coefficient (Wildman–Crippen LogP) is 2.26. The van der Waals surface area contributed by atoms with E-state index in [1.165, 1.54) is 0 Å². The van der Waals surface area contributed by atoms with Crippen LogP contribution in [-0.2, 0) is 4.79 Å². The van der Waals surface area contributed by atoms with E-state index in [1.807, 2.05) is 29.2 Å². The quantitative estimate of drug-likeness (QED) is 0.842. The summed E-state index contributed by atoms with van der Waals surface area (Å²) >= 11 is 0. The number of methoxy groups -OCH3 is 1. The Morgan fingerprint density at radius 1 is 1.17 bits per heavy atom. The monoisotopic (exact) mass is 330 g/mol. The first-order chi connectivity index (χ1) is 11.7. The largest absolute Gasteiger partial charge is 0.497 e. The second-order valence-electron chi connectivity index (χ2n) is 6.75. The summed E-state index contributed by atoms with van der Waals surface area (Å²) in [5.74, 6) is 1.19. The molecule has 2 fully saturated rings. The second-order valence-corrected chi connectivity index (χ2v) is 6.75. The lowest BCUT2D eigenvalue weighted by atomic mass is 9.88. The van der Waals surface area contributed by atoms with E-state index in [-0.39, 0.29) is 17.6 Å². The first-order valence-electron chi connectivity index (χ1n) is 8.87. The Morgan fingerprint density at radius 3 is 2.46 bits per heavy atom. The van der Waals surface area contributed by atoms with Crippen molar-refractivity contribution in [3.8, 4) is 5.75 Å². The van der Waals surface area contributed by atoms with Gasteiger partial charge in [-0.1, -0.05) is 0 Å². The van der Waals surface area contributed by atoms with Crippen molar-refractivity contribution < 1.29 is 14.3 Å². The Kier molecular flexibility index (Phi) is 5.51. The van der Waals surface area contributed by atoms with Crippen molar-refractivity contribution in [3.05, 3.63) is 29.8 Å². The highest BCUT2D eigenvalue weighted by molar-refractivity contribution is 5.98. The molecule has 5 nitrogen and oxygen atoms in total. The SMILES string of the molecule is COc1ccc(C(=O)C2CCN(C(=O)CC3CCCN3)CC2)cc1. The van der Waals surface area contributed by atoms with Gasteiger partial charge in [0.1, 0.15) is 5.75 Å². The molecule has 2 aliphatic heterocycles. The summed E-state index contributed by atoms with van der Waals surface area (Å²) in [4.78, 5) is 26.9. The van der Waals surface area contributed by atoms with Gasteiger partial charge in [0.15, 0.2) is 5.78 Å². The zero-order valence-corrected chi connectivity index (χ0v) is 14.3. The molecule has 1 atom stereocenters. The number of nitrogens with zero attached hydrogens (tertiary/aromatic N) is 1. The lowest BCUT2D eigenvalue weighted by Gasteiger charge is -2.32. The minimum absolute atomic E-state index is 0.0204. The molecule has 0 bridgehead atoms. The number of carbonyl (C=O) groups is 2. The number of hydrogen-bond donors (Lipinski definition) is 1. The van der Waals surface area contributed by atoms with E-state index in [1.54, 1.807) is 7.11 Å². The second kappa shape index (κ2) is 7.79. The number of Topliss-reactive ketones (excluding diaryl/α,β-unsaturated/α-hetero) is 1. The van der Waals surface area contributed by atoms with Crippen molar-refractivity contribution in [2.45, 2.75) is 38.1 Å². The molecule has 0 aromatic heterocycles. The molecule has 0 spiro atoms. The van der Waals surface area contributed by atoms with Gasteiger partial charge in [-0.3, -0.25) is 9.59 Å². The van der Waals surface area contributed by atoms with Crippen molar-refractivity contribution in [3.63, 3.8) is 0 Å². The fourth-order valence-electron chi connectivity index (χ4n) is 3.65. The maximum Gasteiger partial charge on any atom is 0.224 e. The van der Waals surface area contributed by atoms with Gasteiger partial charge in [-0.15, -0.1) is 0 Å². The molecule has 3 rings (SSSR count). The Morgan fingerprint density at radius 2 is 1.88 bits per heavy atom. The van der Waals surface area contributed by atoms with Crippen molar-refractivity contribution >= 4 is 11.7 Å². The summed E-state index contributed by atoms with van der Waals surface area (Å²) in [6.07, 6.45) is 4.37. The number of piperidine rings is 1. The van der Waals surface area contributed by atoms with Crippen LogP contribution in [0.2, 0.25) is 0 Å². The van der Waals surface area contributed by atoms with Crippen molar-refractivity contribution in [2.24, 2.45) is 5.92 Å². The van der Waals surface area contributed by atoms with E-state index < -0.39 is 0 Å². The van der Waals surface area contributed by atoms with Gasteiger partial charge >= 0.3 is 0 Å². The number of rotatable bonds is 5. The molecule has 24 heavy (non-hydrogen) atoms. The van der Waals surface area contributed by atoms with Crippen LogP contribution in [0.5, 0.6) is 5.75 Å². The molecule has 1 amide bonds. The highest BCUT2D eigenvalue weighted by Crippen LogP contribution is 2.24. The molecule has 5 heteroatoms. The van der Waals surface area contributed by atoms with Crippen molar-refractivity contribution in [2.75, 3.05) is 26.7 Å². The zero-order chi connectivity index (χ0) is 16.9.